The highest BCUT2D eigenvalue weighted by Gasteiger charge is 2.35. The lowest BCUT2D eigenvalue weighted by molar-refractivity contribution is 0.460. The first-order chi connectivity index (χ1) is 12.7. The zero-order valence-electron chi connectivity index (χ0n) is 16.6. The number of nitrogens with one attached hydrogen (secondary N) is 1. The molecule has 0 heterocycles. The SMILES string of the molecule is CCCC.CCCNCCCC(N=O)(c1ccccc1)c1ccccc1. The average Bonchev–Trinajstić information content (AvgIpc) is 2.72. The average molecular weight is 355 g/mol. The van der Waals surface area contributed by atoms with Crippen LogP contribution < -0.4 is 5.32 Å². The third-order valence-electron chi connectivity index (χ3n) is 4.48. The number of nitrogens with zero attached hydrogens (tertiary/aromatic N) is 1. The molecule has 0 aliphatic heterocycles. The van der Waals surface area contributed by atoms with Gasteiger partial charge in [-0.1, -0.05) is 99.5 Å². The van der Waals surface area contributed by atoms with Crippen molar-refractivity contribution in [2.45, 2.75) is 58.4 Å². The standard InChI is InChI=1S/C19H24N2O.C4H10/c1-2-15-20-16-9-14-19(21-22,17-10-5-3-6-11-17)18-12-7-4-8-13-18;1-3-4-2/h3-8,10-13,20H,2,9,14-16H2,1H3;3-4H2,1-2H3. The number of nitroso groups, excluding NO2 is 1. The molecule has 0 fully saturated rings. The molecule has 3 heteroatoms. The summed E-state index contributed by atoms with van der Waals surface area (Å²) < 4.78 is 0. The highest BCUT2D eigenvalue weighted by molar-refractivity contribution is 5.38. The van der Waals surface area contributed by atoms with E-state index in [9.17, 15) is 4.91 Å². The lowest BCUT2D eigenvalue weighted by Gasteiger charge is -2.27. The second-order valence-electron chi connectivity index (χ2n) is 6.54. The summed E-state index contributed by atoms with van der Waals surface area (Å²) in [5, 5.41) is 6.99. The van der Waals surface area contributed by atoms with Crippen molar-refractivity contribution < 1.29 is 0 Å². The van der Waals surface area contributed by atoms with Gasteiger partial charge in [-0.05, 0) is 43.5 Å². The Hall–Kier alpha value is -2.00. The van der Waals surface area contributed by atoms with Crippen molar-refractivity contribution in [2.75, 3.05) is 13.1 Å². The molecule has 0 aliphatic carbocycles. The molecule has 0 saturated heterocycles. The van der Waals surface area contributed by atoms with Gasteiger partial charge >= 0.3 is 0 Å². The van der Waals surface area contributed by atoms with Crippen LogP contribution in [0.3, 0.4) is 0 Å². The Morgan fingerprint density at radius 1 is 0.769 bits per heavy atom. The molecule has 142 valence electrons. The van der Waals surface area contributed by atoms with Crippen LogP contribution in [0.4, 0.5) is 0 Å². The third-order valence-corrected chi connectivity index (χ3v) is 4.48. The molecule has 0 aliphatic rings. The molecule has 0 amide bonds. The van der Waals surface area contributed by atoms with E-state index < -0.39 is 5.54 Å². The first-order valence-corrected chi connectivity index (χ1v) is 9.91. The molecular formula is C23H34N2O. The molecule has 1 N–H and O–H groups in total. The van der Waals surface area contributed by atoms with Crippen LogP contribution in [0.2, 0.25) is 0 Å². The second kappa shape index (κ2) is 13.2. The van der Waals surface area contributed by atoms with E-state index >= 15 is 0 Å². The minimum Gasteiger partial charge on any atom is -0.317 e. The van der Waals surface area contributed by atoms with Gasteiger partial charge in [-0.3, -0.25) is 0 Å². The van der Waals surface area contributed by atoms with E-state index in [0.29, 0.717) is 6.42 Å². The first kappa shape index (κ1) is 22.0. The van der Waals surface area contributed by atoms with E-state index in [1.165, 1.54) is 12.8 Å². The monoisotopic (exact) mass is 354 g/mol. The number of benzene rings is 2. The van der Waals surface area contributed by atoms with Crippen molar-refractivity contribution in [1.82, 2.24) is 5.32 Å². The molecule has 0 spiro atoms. The maximum Gasteiger partial charge on any atom is 0.152 e. The highest BCUT2D eigenvalue weighted by Crippen LogP contribution is 2.37. The Morgan fingerprint density at radius 3 is 1.65 bits per heavy atom. The lowest BCUT2D eigenvalue weighted by Crippen LogP contribution is -2.27. The molecule has 0 saturated carbocycles. The maximum atomic E-state index is 11.9. The smallest absolute Gasteiger partial charge is 0.152 e. The fraction of sp³-hybridized carbons (Fsp3) is 0.478. The van der Waals surface area contributed by atoms with Crippen molar-refractivity contribution in [3.8, 4) is 0 Å². The van der Waals surface area contributed by atoms with Gasteiger partial charge < -0.3 is 5.32 Å². The summed E-state index contributed by atoms with van der Waals surface area (Å²) in [5.74, 6) is 0. The van der Waals surface area contributed by atoms with Crippen LogP contribution >= 0.6 is 0 Å². The molecule has 0 unspecified atom stereocenters. The Morgan fingerprint density at radius 2 is 1.27 bits per heavy atom. The molecule has 26 heavy (non-hydrogen) atoms. The normalized spacial score (nSPS) is 10.7. The zero-order chi connectivity index (χ0) is 19.1. The topological polar surface area (TPSA) is 41.5 Å². The Kier molecular flexibility index (Phi) is 11.2. The van der Waals surface area contributed by atoms with Crippen molar-refractivity contribution in [2.24, 2.45) is 5.18 Å². The Bertz CT molecular complexity index is 542. The summed E-state index contributed by atoms with van der Waals surface area (Å²) in [6, 6.07) is 19.8. The van der Waals surface area contributed by atoms with E-state index in [1.54, 1.807) is 0 Å². The van der Waals surface area contributed by atoms with Crippen LogP contribution in [0.1, 0.15) is 64.0 Å². The largest absolute Gasteiger partial charge is 0.317 e. The molecule has 0 radical (unpaired) electrons. The molecule has 3 nitrogen and oxygen atoms in total. The summed E-state index contributed by atoms with van der Waals surface area (Å²) >= 11 is 0. The van der Waals surface area contributed by atoms with Gasteiger partial charge in [-0.15, -0.1) is 4.91 Å². The van der Waals surface area contributed by atoms with Crippen molar-refractivity contribution in [1.29, 1.82) is 0 Å². The van der Waals surface area contributed by atoms with Crippen molar-refractivity contribution in [3.63, 3.8) is 0 Å². The number of hydrogen-bond donors (Lipinski definition) is 1. The van der Waals surface area contributed by atoms with Gasteiger partial charge in [0, 0.05) is 0 Å². The van der Waals surface area contributed by atoms with E-state index in [2.05, 4.69) is 31.3 Å². The van der Waals surface area contributed by atoms with Crippen LogP contribution in [0, 0.1) is 4.91 Å². The number of hydrogen-bond acceptors (Lipinski definition) is 3. The van der Waals surface area contributed by atoms with Crippen molar-refractivity contribution >= 4 is 0 Å². The van der Waals surface area contributed by atoms with E-state index in [0.717, 1.165) is 37.1 Å². The molecular weight excluding hydrogens is 320 g/mol. The molecule has 2 aromatic rings. The van der Waals surface area contributed by atoms with Gasteiger partial charge in [0.25, 0.3) is 0 Å². The summed E-state index contributed by atoms with van der Waals surface area (Å²) in [6.45, 7) is 8.43. The van der Waals surface area contributed by atoms with E-state index in [4.69, 9.17) is 0 Å². The Balaban J connectivity index is 0.000000765. The zero-order valence-corrected chi connectivity index (χ0v) is 16.6. The van der Waals surface area contributed by atoms with Gasteiger partial charge in [0.15, 0.2) is 5.54 Å². The molecule has 0 aromatic heterocycles. The molecule has 0 atom stereocenters. The van der Waals surface area contributed by atoms with Gasteiger partial charge in [-0.2, -0.15) is 0 Å². The molecule has 2 aromatic carbocycles. The minimum absolute atomic E-state index is 0.710. The van der Waals surface area contributed by atoms with Crippen LogP contribution in [-0.2, 0) is 5.54 Å². The van der Waals surface area contributed by atoms with E-state index in [1.807, 2.05) is 60.7 Å². The summed E-state index contributed by atoms with van der Waals surface area (Å²) in [6.07, 6.45) is 5.38. The van der Waals surface area contributed by atoms with Crippen LogP contribution in [0.15, 0.2) is 65.8 Å². The second-order valence-corrected chi connectivity index (χ2v) is 6.54. The van der Waals surface area contributed by atoms with Crippen LogP contribution in [0.5, 0.6) is 0 Å². The Labute approximate surface area is 159 Å². The molecule has 2 rings (SSSR count). The third kappa shape index (κ3) is 6.72. The van der Waals surface area contributed by atoms with E-state index in [-0.39, 0.29) is 0 Å². The highest BCUT2D eigenvalue weighted by atomic mass is 16.3. The predicted molar refractivity (Wildman–Crippen MR) is 112 cm³/mol. The number of unbranched alkanes of at least 4 members (excludes halogenated alkanes) is 1. The predicted octanol–water partition coefficient (Wildman–Crippen LogP) is 6.28. The lowest BCUT2D eigenvalue weighted by atomic mass is 9.80. The minimum atomic E-state index is -0.795. The van der Waals surface area contributed by atoms with Gasteiger partial charge in [0.05, 0.1) is 0 Å². The van der Waals surface area contributed by atoms with Crippen molar-refractivity contribution in [3.05, 3.63) is 76.7 Å². The summed E-state index contributed by atoms with van der Waals surface area (Å²) in [7, 11) is 0. The fourth-order valence-electron chi connectivity index (χ4n) is 2.81. The summed E-state index contributed by atoms with van der Waals surface area (Å²) in [5.41, 5.74) is 1.13. The quantitative estimate of drug-likeness (QED) is 0.403. The summed E-state index contributed by atoms with van der Waals surface area (Å²) in [4.78, 5) is 11.9. The van der Waals surface area contributed by atoms with Gasteiger partial charge in [-0.25, -0.2) is 0 Å². The fourth-order valence-corrected chi connectivity index (χ4v) is 2.81. The number of rotatable bonds is 10. The first-order valence-electron chi connectivity index (χ1n) is 9.91. The van der Waals surface area contributed by atoms with Gasteiger partial charge in [0.1, 0.15) is 0 Å². The van der Waals surface area contributed by atoms with Crippen LogP contribution in [0.25, 0.3) is 0 Å². The van der Waals surface area contributed by atoms with Gasteiger partial charge in [0.2, 0.25) is 0 Å². The van der Waals surface area contributed by atoms with Crippen LogP contribution in [-0.4, -0.2) is 13.1 Å². The molecule has 0 bridgehead atoms. The maximum absolute atomic E-state index is 11.9.